The molecule has 1 amide bonds. The van der Waals surface area contributed by atoms with Gasteiger partial charge < -0.3 is 4.74 Å². The van der Waals surface area contributed by atoms with E-state index in [1.165, 1.54) is 18.3 Å². The van der Waals surface area contributed by atoms with E-state index in [1.54, 1.807) is 18.2 Å². The highest BCUT2D eigenvalue weighted by molar-refractivity contribution is 5.94. The first-order chi connectivity index (χ1) is 15.2. The number of hydrogen-bond donors (Lipinski definition) is 2. The summed E-state index contributed by atoms with van der Waals surface area (Å²) in [7, 11) is 0. The third-order valence-corrected chi connectivity index (χ3v) is 4.47. The largest absolute Gasteiger partial charge is 0.488 e. The molecule has 0 aliphatic carbocycles. The molecule has 0 bridgehead atoms. The van der Waals surface area contributed by atoms with Crippen LogP contribution in [0.3, 0.4) is 0 Å². The van der Waals surface area contributed by atoms with E-state index in [0.717, 1.165) is 11.1 Å². The highest BCUT2D eigenvalue weighted by Gasteiger charge is 2.13. The molecule has 4 rings (SSSR count). The van der Waals surface area contributed by atoms with E-state index in [-0.39, 0.29) is 11.5 Å². The smallest absolute Gasteiger partial charge is 0.289 e. The molecule has 1 aromatic heterocycles. The van der Waals surface area contributed by atoms with Crippen molar-refractivity contribution >= 4 is 12.1 Å². The zero-order valence-electron chi connectivity index (χ0n) is 16.5. The zero-order valence-corrected chi connectivity index (χ0v) is 16.5. The number of carbonyl (C=O) groups excluding carboxylic acids is 1. The molecule has 1 heterocycles. The van der Waals surface area contributed by atoms with Gasteiger partial charge in [0.15, 0.2) is 0 Å². The number of benzene rings is 3. The van der Waals surface area contributed by atoms with Crippen molar-refractivity contribution in [3.63, 3.8) is 0 Å². The fraction of sp³-hybridized carbons (Fsp3) is 0.0417. The van der Waals surface area contributed by atoms with E-state index in [9.17, 15) is 9.18 Å². The third-order valence-electron chi connectivity index (χ3n) is 4.47. The lowest BCUT2D eigenvalue weighted by molar-refractivity contribution is 0.0950. The average molecular weight is 414 g/mol. The molecule has 0 saturated carbocycles. The van der Waals surface area contributed by atoms with E-state index in [1.807, 2.05) is 54.6 Å². The predicted octanol–water partition coefficient (Wildman–Crippen LogP) is 4.56. The minimum Gasteiger partial charge on any atom is -0.488 e. The van der Waals surface area contributed by atoms with E-state index >= 15 is 0 Å². The summed E-state index contributed by atoms with van der Waals surface area (Å²) in [6.07, 6.45) is 1.43. The van der Waals surface area contributed by atoms with Crippen molar-refractivity contribution in [2.45, 2.75) is 6.61 Å². The normalized spacial score (nSPS) is 10.9. The van der Waals surface area contributed by atoms with Crippen molar-refractivity contribution in [1.82, 2.24) is 15.6 Å². The van der Waals surface area contributed by atoms with Gasteiger partial charge in [0.05, 0.1) is 11.9 Å². The molecule has 0 radical (unpaired) electrons. The fourth-order valence-electron chi connectivity index (χ4n) is 2.89. The molecule has 4 aromatic rings. The van der Waals surface area contributed by atoms with Crippen LogP contribution in [0.4, 0.5) is 4.39 Å². The first kappa shape index (κ1) is 20.0. The Morgan fingerprint density at radius 1 is 1.03 bits per heavy atom. The SMILES string of the molecule is O=C(N/N=C/c1ccc(F)cc1)c1cc(-c2ccccc2OCc2ccccc2)n[nH]1. The third kappa shape index (κ3) is 5.22. The maximum absolute atomic E-state index is 12.9. The van der Waals surface area contributed by atoms with E-state index in [2.05, 4.69) is 20.7 Å². The highest BCUT2D eigenvalue weighted by atomic mass is 19.1. The van der Waals surface area contributed by atoms with Crippen LogP contribution >= 0.6 is 0 Å². The van der Waals surface area contributed by atoms with Crippen LogP contribution in [0.2, 0.25) is 0 Å². The van der Waals surface area contributed by atoms with E-state index in [4.69, 9.17) is 4.74 Å². The summed E-state index contributed by atoms with van der Waals surface area (Å²) in [6, 6.07) is 24.8. The van der Waals surface area contributed by atoms with Gasteiger partial charge in [0.2, 0.25) is 0 Å². The molecule has 2 N–H and O–H groups in total. The number of hydrogen-bond acceptors (Lipinski definition) is 4. The predicted molar refractivity (Wildman–Crippen MR) is 116 cm³/mol. The van der Waals surface area contributed by atoms with Gasteiger partial charge >= 0.3 is 0 Å². The Hall–Kier alpha value is -4.26. The number of aromatic nitrogens is 2. The highest BCUT2D eigenvalue weighted by Crippen LogP contribution is 2.29. The van der Waals surface area contributed by atoms with Gasteiger partial charge in [-0.15, -0.1) is 0 Å². The first-order valence-corrected chi connectivity index (χ1v) is 9.59. The van der Waals surface area contributed by atoms with Crippen LogP contribution in [0.1, 0.15) is 21.6 Å². The monoisotopic (exact) mass is 414 g/mol. The van der Waals surface area contributed by atoms with Crippen LogP contribution < -0.4 is 10.2 Å². The van der Waals surface area contributed by atoms with Gasteiger partial charge in [0.1, 0.15) is 23.9 Å². The maximum atomic E-state index is 12.9. The summed E-state index contributed by atoms with van der Waals surface area (Å²) in [5.41, 5.74) is 5.74. The molecular formula is C24H19FN4O2. The Labute approximate surface area is 178 Å². The lowest BCUT2D eigenvalue weighted by Crippen LogP contribution is -2.17. The van der Waals surface area contributed by atoms with Gasteiger partial charge in [-0.05, 0) is 41.5 Å². The Balaban J connectivity index is 1.43. The molecule has 0 aliphatic rings. The van der Waals surface area contributed by atoms with Gasteiger partial charge in [0.25, 0.3) is 5.91 Å². The molecule has 0 fully saturated rings. The number of ether oxygens (including phenoxy) is 1. The average Bonchev–Trinajstić information content (AvgIpc) is 3.30. The second kappa shape index (κ2) is 9.49. The summed E-state index contributed by atoms with van der Waals surface area (Å²) >= 11 is 0. The molecule has 0 saturated heterocycles. The van der Waals surface area contributed by atoms with Gasteiger partial charge in [-0.2, -0.15) is 10.2 Å². The Morgan fingerprint density at radius 3 is 2.58 bits per heavy atom. The Kier molecular flexibility index (Phi) is 6.13. The van der Waals surface area contributed by atoms with Crippen molar-refractivity contribution in [2.75, 3.05) is 0 Å². The van der Waals surface area contributed by atoms with Gasteiger partial charge in [-0.3, -0.25) is 9.89 Å². The molecular weight excluding hydrogens is 395 g/mol. The van der Waals surface area contributed by atoms with Crippen LogP contribution in [0.25, 0.3) is 11.3 Å². The molecule has 31 heavy (non-hydrogen) atoms. The van der Waals surface area contributed by atoms with Gasteiger partial charge in [-0.25, -0.2) is 9.82 Å². The first-order valence-electron chi connectivity index (χ1n) is 9.59. The second-order valence-electron chi connectivity index (χ2n) is 6.69. The van der Waals surface area contributed by atoms with Crippen LogP contribution in [-0.4, -0.2) is 22.3 Å². The minimum absolute atomic E-state index is 0.254. The number of amides is 1. The topological polar surface area (TPSA) is 79.4 Å². The molecule has 0 aliphatic heterocycles. The van der Waals surface area contributed by atoms with Gasteiger partial charge in [0, 0.05) is 5.56 Å². The van der Waals surface area contributed by atoms with Gasteiger partial charge in [-0.1, -0.05) is 54.6 Å². The molecule has 7 heteroatoms. The standard InChI is InChI=1S/C24H19FN4O2/c25-19-12-10-17(11-13-19)15-26-29-24(30)22-14-21(27-28-22)20-8-4-5-9-23(20)31-16-18-6-2-1-3-7-18/h1-15H,16H2,(H,27,28)(H,29,30)/b26-15+. The van der Waals surface area contributed by atoms with Crippen molar-refractivity contribution in [3.05, 3.63) is 108 Å². The second-order valence-corrected chi connectivity index (χ2v) is 6.69. The number of para-hydroxylation sites is 1. The number of halogens is 1. The van der Waals surface area contributed by atoms with Crippen LogP contribution in [0, 0.1) is 5.82 Å². The quantitative estimate of drug-likeness (QED) is 0.344. The number of nitrogens with one attached hydrogen (secondary N) is 2. The minimum atomic E-state index is -0.445. The molecule has 3 aromatic carbocycles. The van der Waals surface area contributed by atoms with Crippen molar-refractivity contribution in [1.29, 1.82) is 0 Å². The van der Waals surface area contributed by atoms with E-state index < -0.39 is 5.91 Å². The van der Waals surface area contributed by atoms with Crippen LogP contribution in [0.15, 0.2) is 90.0 Å². The summed E-state index contributed by atoms with van der Waals surface area (Å²) in [5.74, 6) is -0.113. The van der Waals surface area contributed by atoms with Crippen molar-refractivity contribution in [2.24, 2.45) is 5.10 Å². The number of rotatable bonds is 7. The van der Waals surface area contributed by atoms with Crippen LogP contribution in [0.5, 0.6) is 5.75 Å². The number of hydrazone groups is 1. The lowest BCUT2D eigenvalue weighted by Gasteiger charge is -2.10. The summed E-state index contributed by atoms with van der Waals surface area (Å²) in [4.78, 5) is 12.3. The van der Waals surface area contributed by atoms with Crippen LogP contribution in [-0.2, 0) is 6.61 Å². The summed E-state index contributed by atoms with van der Waals surface area (Å²) in [6.45, 7) is 0.424. The fourth-order valence-corrected chi connectivity index (χ4v) is 2.89. The zero-order chi connectivity index (χ0) is 21.5. The Morgan fingerprint density at radius 2 is 1.77 bits per heavy atom. The molecule has 0 unspecified atom stereocenters. The van der Waals surface area contributed by atoms with E-state index in [0.29, 0.717) is 23.6 Å². The lowest BCUT2D eigenvalue weighted by atomic mass is 10.1. The number of nitrogens with zero attached hydrogens (tertiary/aromatic N) is 2. The molecule has 154 valence electrons. The molecule has 6 nitrogen and oxygen atoms in total. The molecule has 0 atom stereocenters. The summed E-state index contributed by atoms with van der Waals surface area (Å²) < 4.78 is 18.9. The maximum Gasteiger partial charge on any atom is 0.289 e. The number of aromatic amines is 1. The van der Waals surface area contributed by atoms with Crippen molar-refractivity contribution in [3.8, 4) is 17.0 Å². The summed E-state index contributed by atoms with van der Waals surface area (Å²) in [5, 5.41) is 10.9. The van der Waals surface area contributed by atoms with Crippen molar-refractivity contribution < 1.29 is 13.9 Å². The molecule has 0 spiro atoms. The number of carbonyl (C=O) groups is 1. The number of H-pyrrole nitrogens is 1. The Bertz CT molecular complexity index is 1190.